The number of rotatable bonds is 10. The van der Waals surface area contributed by atoms with Gasteiger partial charge in [-0.15, -0.1) is 0 Å². The number of hydrogen-bond donors (Lipinski definition) is 1. The summed E-state index contributed by atoms with van der Waals surface area (Å²) < 4.78 is 5.24. The highest BCUT2D eigenvalue weighted by Gasteiger charge is 2.16. The molecule has 166 valence electrons. The molecule has 1 heterocycles. The highest BCUT2D eigenvalue weighted by molar-refractivity contribution is 6.01. The Kier molecular flexibility index (Phi) is 8.55. The molecule has 0 atom stereocenters. The molecule has 1 amide bonds. The number of amides is 1. The van der Waals surface area contributed by atoms with Crippen LogP contribution in [0, 0.1) is 0 Å². The van der Waals surface area contributed by atoms with Crippen LogP contribution in [0.1, 0.15) is 50.2 Å². The van der Waals surface area contributed by atoms with Crippen LogP contribution in [0.25, 0.3) is 5.57 Å². The molecule has 1 aromatic heterocycles. The van der Waals surface area contributed by atoms with Gasteiger partial charge in [0.25, 0.3) is 0 Å². The molecule has 0 spiro atoms. The standard InChI is InChI=1S/C27H30N2O3/c1-3-21-17-23(22-12-14-24(32-2)15-13-22)8-4-9-25(21)26(30)10-5-11-27(31)29-19-20-7-6-16-28-18-20/h6-9,12-18H,3-5,10-11,19H2,1-2H3,(H,29,31). The monoisotopic (exact) mass is 430 g/mol. The minimum absolute atomic E-state index is 0.0498. The second-order valence-electron chi connectivity index (χ2n) is 7.68. The fourth-order valence-corrected chi connectivity index (χ4v) is 3.67. The van der Waals surface area contributed by atoms with Crippen molar-refractivity contribution in [2.45, 2.75) is 45.6 Å². The van der Waals surface area contributed by atoms with Crippen LogP contribution in [0.4, 0.5) is 0 Å². The lowest BCUT2D eigenvalue weighted by molar-refractivity contribution is -0.121. The molecule has 1 aromatic carbocycles. The van der Waals surface area contributed by atoms with Crippen LogP contribution in [0.15, 0.2) is 78.2 Å². The van der Waals surface area contributed by atoms with E-state index in [-0.39, 0.29) is 11.7 Å². The van der Waals surface area contributed by atoms with E-state index in [9.17, 15) is 9.59 Å². The van der Waals surface area contributed by atoms with Crippen molar-refractivity contribution in [1.82, 2.24) is 10.3 Å². The lowest BCUT2D eigenvalue weighted by atomic mass is 9.94. The molecule has 5 nitrogen and oxygen atoms in total. The maximum Gasteiger partial charge on any atom is 0.220 e. The molecule has 0 saturated heterocycles. The summed E-state index contributed by atoms with van der Waals surface area (Å²) in [6.45, 7) is 2.52. The highest BCUT2D eigenvalue weighted by atomic mass is 16.5. The van der Waals surface area contributed by atoms with Crippen molar-refractivity contribution >= 4 is 17.3 Å². The van der Waals surface area contributed by atoms with E-state index < -0.39 is 0 Å². The van der Waals surface area contributed by atoms with Gasteiger partial charge in [-0.3, -0.25) is 14.6 Å². The number of hydrogen-bond acceptors (Lipinski definition) is 4. The van der Waals surface area contributed by atoms with Crippen LogP contribution in [-0.2, 0) is 16.1 Å². The molecule has 0 saturated carbocycles. The molecule has 2 aromatic rings. The normalized spacial score (nSPS) is 13.4. The van der Waals surface area contributed by atoms with Gasteiger partial charge < -0.3 is 10.1 Å². The number of aromatic nitrogens is 1. The lowest BCUT2D eigenvalue weighted by Crippen LogP contribution is -2.22. The summed E-state index contributed by atoms with van der Waals surface area (Å²) in [6, 6.07) is 11.7. The van der Waals surface area contributed by atoms with E-state index in [1.165, 1.54) is 0 Å². The van der Waals surface area contributed by atoms with Gasteiger partial charge in [0.05, 0.1) is 7.11 Å². The van der Waals surface area contributed by atoms with Gasteiger partial charge in [-0.25, -0.2) is 0 Å². The Morgan fingerprint density at radius 2 is 1.91 bits per heavy atom. The van der Waals surface area contributed by atoms with Crippen molar-refractivity contribution in [3.8, 4) is 5.75 Å². The van der Waals surface area contributed by atoms with Crippen LogP contribution < -0.4 is 10.1 Å². The zero-order valence-electron chi connectivity index (χ0n) is 18.8. The van der Waals surface area contributed by atoms with Crippen molar-refractivity contribution in [3.63, 3.8) is 0 Å². The van der Waals surface area contributed by atoms with E-state index >= 15 is 0 Å². The average molecular weight is 431 g/mol. The lowest BCUT2D eigenvalue weighted by Gasteiger charge is -2.10. The van der Waals surface area contributed by atoms with Crippen LogP contribution in [0.2, 0.25) is 0 Å². The Bertz CT molecular complexity index is 1020. The Hall–Kier alpha value is -3.47. The van der Waals surface area contributed by atoms with E-state index in [1.807, 2.05) is 42.5 Å². The summed E-state index contributed by atoms with van der Waals surface area (Å²) in [5, 5.41) is 2.88. The summed E-state index contributed by atoms with van der Waals surface area (Å²) in [4.78, 5) is 29.1. The second kappa shape index (κ2) is 11.8. The van der Waals surface area contributed by atoms with Crippen molar-refractivity contribution in [3.05, 3.63) is 89.3 Å². The van der Waals surface area contributed by atoms with Crippen molar-refractivity contribution in [1.29, 1.82) is 0 Å². The van der Waals surface area contributed by atoms with Crippen molar-refractivity contribution in [2.24, 2.45) is 0 Å². The number of nitrogens with one attached hydrogen (secondary N) is 1. The first-order chi connectivity index (χ1) is 15.6. The quantitative estimate of drug-likeness (QED) is 0.563. The van der Waals surface area contributed by atoms with Gasteiger partial charge in [0.15, 0.2) is 5.78 Å². The number of Topliss-reactive ketones (excluding diaryl/α,β-unsaturated/α-hetero) is 1. The topological polar surface area (TPSA) is 68.3 Å². The Balaban J connectivity index is 1.54. The molecule has 5 heteroatoms. The number of allylic oxidation sites excluding steroid dienone is 6. The van der Waals surface area contributed by atoms with Gasteiger partial charge in [-0.2, -0.15) is 0 Å². The maximum atomic E-state index is 12.9. The third kappa shape index (κ3) is 6.51. The van der Waals surface area contributed by atoms with Crippen LogP contribution in [-0.4, -0.2) is 23.8 Å². The third-order valence-corrected chi connectivity index (χ3v) is 5.46. The first-order valence-corrected chi connectivity index (χ1v) is 11.0. The fourth-order valence-electron chi connectivity index (χ4n) is 3.67. The summed E-state index contributed by atoms with van der Waals surface area (Å²) in [7, 11) is 1.65. The number of carbonyl (C=O) groups excluding carboxylic acids is 2. The number of ether oxygens (including phenoxy) is 1. The number of ketones is 1. The molecule has 0 bridgehead atoms. The first-order valence-electron chi connectivity index (χ1n) is 11.0. The van der Waals surface area contributed by atoms with Crippen LogP contribution in [0.3, 0.4) is 0 Å². The minimum atomic E-state index is -0.0498. The van der Waals surface area contributed by atoms with E-state index in [2.05, 4.69) is 29.4 Å². The summed E-state index contributed by atoms with van der Waals surface area (Å²) >= 11 is 0. The zero-order valence-corrected chi connectivity index (χ0v) is 18.8. The SMILES string of the molecule is CCC1=CC(c2ccc(OC)cc2)=CCC=C1C(=O)CCCC(=O)NCc1cccnc1. The number of nitrogens with zero attached hydrogens (tertiary/aromatic N) is 1. The zero-order chi connectivity index (χ0) is 22.8. The van der Waals surface area contributed by atoms with E-state index in [4.69, 9.17) is 4.74 Å². The molecule has 0 unspecified atom stereocenters. The second-order valence-corrected chi connectivity index (χ2v) is 7.68. The van der Waals surface area contributed by atoms with Gasteiger partial charge >= 0.3 is 0 Å². The van der Waals surface area contributed by atoms with Gasteiger partial charge in [-0.1, -0.05) is 43.4 Å². The predicted molar refractivity (Wildman–Crippen MR) is 127 cm³/mol. The molecule has 0 aliphatic heterocycles. The Morgan fingerprint density at radius 1 is 1.09 bits per heavy atom. The fraction of sp³-hybridized carbons (Fsp3) is 0.296. The molecular weight excluding hydrogens is 400 g/mol. The molecule has 0 radical (unpaired) electrons. The maximum absolute atomic E-state index is 12.9. The van der Waals surface area contributed by atoms with Gasteiger partial charge in [-0.05, 0) is 59.7 Å². The van der Waals surface area contributed by atoms with Crippen LogP contribution in [0.5, 0.6) is 5.75 Å². The minimum Gasteiger partial charge on any atom is -0.497 e. The number of benzene rings is 1. The number of pyridine rings is 1. The molecule has 3 rings (SSSR count). The molecule has 0 fully saturated rings. The smallest absolute Gasteiger partial charge is 0.220 e. The van der Waals surface area contributed by atoms with Gasteiger partial charge in [0.1, 0.15) is 5.75 Å². The highest BCUT2D eigenvalue weighted by Crippen LogP contribution is 2.29. The number of carbonyl (C=O) groups is 2. The predicted octanol–water partition coefficient (Wildman–Crippen LogP) is 5.20. The van der Waals surface area contributed by atoms with Gasteiger partial charge in [0.2, 0.25) is 5.91 Å². The van der Waals surface area contributed by atoms with Gasteiger partial charge in [0, 0.05) is 37.4 Å². The molecular formula is C27H30N2O3. The Labute approximate surface area is 189 Å². The van der Waals surface area contributed by atoms with Crippen molar-refractivity contribution < 1.29 is 14.3 Å². The van der Waals surface area contributed by atoms with Crippen LogP contribution >= 0.6 is 0 Å². The summed E-state index contributed by atoms with van der Waals surface area (Å²) in [6.07, 6.45) is 12.4. The van der Waals surface area contributed by atoms with Crippen molar-refractivity contribution in [2.75, 3.05) is 7.11 Å². The number of methoxy groups -OCH3 is 1. The van der Waals surface area contributed by atoms with E-state index in [1.54, 1.807) is 19.5 Å². The summed E-state index contributed by atoms with van der Waals surface area (Å²) in [5.74, 6) is 0.870. The average Bonchev–Trinajstić information content (AvgIpc) is 3.06. The van der Waals surface area contributed by atoms with E-state index in [0.29, 0.717) is 32.2 Å². The largest absolute Gasteiger partial charge is 0.497 e. The first kappa shape index (κ1) is 23.2. The summed E-state index contributed by atoms with van der Waals surface area (Å²) in [5.41, 5.74) is 4.99. The van der Waals surface area contributed by atoms with E-state index in [0.717, 1.165) is 40.0 Å². The Morgan fingerprint density at radius 3 is 2.59 bits per heavy atom. The molecule has 32 heavy (non-hydrogen) atoms. The molecule has 1 N–H and O–H groups in total. The molecule has 1 aliphatic rings. The molecule has 1 aliphatic carbocycles. The third-order valence-electron chi connectivity index (χ3n) is 5.46.